The number of phosphoric ester groups is 1. The molecule has 2 saturated heterocycles. The van der Waals surface area contributed by atoms with Crippen LogP contribution in [0.15, 0.2) is 48.8 Å². The lowest BCUT2D eigenvalue weighted by Crippen LogP contribution is -2.39. The summed E-state index contributed by atoms with van der Waals surface area (Å²) in [6.45, 7) is 8.64. The molecule has 2 fully saturated rings. The zero-order valence-electron chi connectivity index (χ0n) is 37.4. The maximum absolute atomic E-state index is 13.6. The number of ether oxygens (including phenoxy) is 2. The lowest BCUT2D eigenvalue weighted by atomic mass is 9.86. The summed E-state index contributed by atoms with van der Waals surface area (Å²) in [5.74, 6) is 0.354. The minimum absolute atomic E-state index is 0.0451. The number of aryl methyl sites for hydroxylation is 2. The quantitative estimate of drug-likeness (QED) is 0.0516. The van der Waals surface area contributed by atoms with Crippen molar-refractivity contribution in [1.29, 1.82) is 0 Å². The van der Waals surface area contributed by atoms with E-state index in [1.54, 1.807) is 16.7 Å². The minimum Gasteiger partial charge on any atom is -0.478 e. The second kappa shape index (κ2) is 18.3. The van der Waals surface area contributed by atoms with E-state index in [-0.39, 0.29) is 29.5 Å². The van der Waals surface area contributed by atoms with Crippen LogP contribution in [0, 0.1) is 0 Å². The molecule has 67 heavy (non-hydrogen) atoms. The highest BCUT2D eigenvalue weighted by Crippen LogP contribution is 2.53. The highest BCUT2D eigenvalue weighted by Gasteiger charge is 2.53. The zero-order valence-corrected chi connectivity index (χ0v) is 38.3. The van der Waals surface area contributed by atoms with E-state index in [1.807, 2.05) is 0 Å². The first-order valence-electron chi connectivity index (χ1n) is 23.2. The Kier molecular flexibility index (Phi) is 12.2. The van der Waals surface area contributed by atoms with Crippen LogP contribution in [0.25, 0.3) is 16.7 Å². The first-order valence-corrected chi connectivity index (χ1v) is 24.7. The van der Waals surface area contributed by atoms with Crippen LogP contribution in [0.3, 0.4) is 0 Å². The monoisotopic (exact) mass is 936 g/mol. The maximum atomic E-state index is 13.6. The number of nitrogens with zero attached hydrogens (tertiary/aromatic N) is 6. The van der Waals surface area contributed by atoms with E-state index in [2.05, 4.69) is 73.2 Å². The molecule has 7 N–H and O–H groups in total. The summed E-state index contributed by atoms with van der Waals surface area (Å²) < 4.78 is 38.8. The molecule has 5 aromatic rings. The van der Waals surface area contributed by atoms with Crippen LogP contribution in [0.5, 0.6) is 11.5 Å². The summed E-state index contributed by atoms with van der Waals surface area (Å²) in [7, 11) is -4.34. The van der Waals surface area contributed by atoms with Gasteiger partial charge in [-0.05, 0) is 81.3 Å². The summed E-state index contributed by atoms with van der Waals surface area (Å²) in [5.41, 5.74) is 12.8. The van der Waals surface area contributed by atoms with Gasteiger partial charge in [0.15, 0.2) is 23.2 Å². The van der Waals surface area contributed by atoms with Gasteiger partial charge < -0.3 is 45.8 Å². The zero-order chi connectivity index (χ0) is 46.6. The first kappa shape index (κ1) is 44.9. The number of nitrogens with two attached hydrogens (primary N) is 1. The Morgan fingerprint density at radius 3 is 2.61 bits per heavy atom. The number of aliphatic hydroxyl groups is 1. The van der Waals surface area contributed by atoms with Gasteiger partial charge in [-0.1, -0.05) is 18.9 Å². The van der Waals surface area contributed by atoms with Crippen molar-refractivity contribution in [3.8, 4) is 11.5 Å². The van der Waals surface area contributed by atoms with Crippen molar-refractivity contribution in [1.82, 2.24) is 29.4 Å². The van der Waals surface area contributed by atoms with E-state index in [4.69, 9.17) is 24.3 Å². The molecule has 0 aliphatic carbocycles. The minimum atomic E-state index is -4.34. The molecule has 5 aliphatic heterocycles. The van der Waals surface area contributed by atoms with Gasteiger partial charge in [-0.3, -0.25) is 18.4 Å². The molecule has 1 unspecified atom stereocenters. The number of phosphoric acid groups is 1. The summed E-state index contributed by atoms with van der Waals surface area (Å²) >= 11 is 0. The SMILES string of the molecule is CCN1CCCc2cc3c(cc21)Oc1cc2c(cc1=C3c1ccc(C(=O)NCCCCCCNc3nc4c(N)ncnc4n3[C@@H]3O[C@@H]4COP(=O)(O)O[C@H]4[C@H]3O)cc1C(=O)O)CCC[N+]=2CC. The molecule has 19 nitrogen and oxygen atoms in total. The van der Waals surface area contributed by atoms with Crippen LogP contribution >= 0.6 is 7.82 Å². The maximum Gasteiger partial charge on any atom is 0.472 e. The van der Waals surface area contributed by atoms with Gasteiger partial charge >= 0.3 is 13.8 Å². The summed E-state index contributed by atoms with van der Waals surface area (Å²) in [4.78, 5) is 51.9. The number of carboxylic acids is 1. The van der Waals surface area contributed by atoms with Crippen molar-refractivity contribution in [3.05, 3.63) is 92.7 Å². The fourth-order valence-corrected chi connectivity index (χ4v) is 11.1. The molecule has 20 heteroatoms. The predicted octanol–water partition coefficient (Wildman–Crippen LogP) is 3.87. The predicted molar refractivity (Wildman–Crippen MR) is 248 cm³/mol. The van der Waals surface area contributed by atoms with E-state index >= 15 is 0 Å². The fourth-order valence-electron chi connectivity index (χ4n) is 10.2. The lowest BCUT2D eigenvalue weighted by Gasteiger charge is -2.32. The summed E-state index contributed by atoms with van der Waals surface area (Å²) in [5, 5.41) is 30.2. The molecule has 3 aromatic carbocycles. The number of hydrogen-bond acceptors (Lipinski definition) is 14. The Morgan fingerprint density at radius 1 is 0.985 bits per heavy atom. The first-order chi connectivity index (χ1) is 32.4. The molecular weight excluding hydrogens is 882 g/mol. The number of rotatable bonds is 14. The number of carbonyl (C=O) groups excluding carboxylic acids is 1. The van der Waals surface area contributed by atoms with Crippen molar-refractivity contribution in [2.45, 2.75) is 89.8 Å². The van der Waals surface area contributed by atoms with Gasteiger partial charge in [-0.25, -0.2) is 28.9 Å². The second-order valence-electron chi connectivity index (χ2n) is 17.6. The normalized spacial score (nSPS) is 22.9. The number of benzene rings is 3. The summed E-state index contributed by atoms with van der Waals surface area (Å²) in [6, 6.07) is 13.6. The highest BCUT2D eigenvalue weighted by molar-refractivity contribution is 7.47. The Hall–Kier alpha value is -5.95. The molecule has 1 amide bonds. The van der Waals surface area contributed by atoms with E-state index in [0.717, 1.165) is 98.5 Å². The van der Waals surface area contributed by atoms with Gasteiger partial charge in [-0.2, -0.15) is 0 Å². The number of nitrogen functional groups attached to an aromatic ring is 1. The smallest absolute Gasteiger partial charge is 0.472 e. The van der Waals surface area contributed by atoms with Gasteiger partial charge in [0, 0.05) is 71.8 Å². The third kappa shape index (κ3) is 8.42. The third-order valence-corrected chi connectivity index (χ3v) is 14.5. The molecule has 0 spiro atoms. The number of aromatic nitrogens is 4. The van der Waals surface area contributed by atoms with Crippen molar-refractivity contribution < 1.29 is 47.8 Å². The van der Waals surface area contributed by atoms with Gasteiger partial charge in [-0.15, -0.1) is 0 Å². The van der Waals surface area contributed by atoms with E-state index < -0.39 is 38.3 Å². The number of aromatic carboxylic acids is 1. The van der Waals surface area contributed by atoms with Crippen LogP contribution in [-0.4, -0.2) is 111 Å². The number of amides is 1. The van der Waals surface area contributed by atoms with Crippen molar-refractivity contribution in [2.75, 3.05) is 61.8 Å². The van der Waals surface area contributed by atoms with Crippen molar-refractivity contribution in [2.24, 2.45) is 0 Å². The molecule has 5 atom stereocenters. The molecule has 7 heterocycles. The standard InChI is InChI=1S/C47H54N9O10P/c1-3-54-17-9-11-26-19-31-35(22-33(26)54)64-36-23-34-27(12-10-18-55(34)4-2)20-32(36)38(31)29-14-13-28(21-30(29)46(59)60)44(58)49-15-7-5-6-8-16-50-47-53-39-42(48)51-25-52-43(39)56(47)45-40(57)41-37(65-45)24-63-67(61,62)66-41/h13-14,19-23,25,37,40-41,45,48-49,57H,3-12,15-18,24H2,1-2H3,(H3,58,59,60,61,62)/p+1/t37-,40-,41-,45-/m1/s1. The van der Waals surface area contributed by atoms with Gasteiger partial charge in [0.25, 0.3) is 5.91 Å². The van der Waals surface area contributed by atoms with Crippen LogP contribution in [0.4, 0.5) is 17.5 Å². The molecular formula is C47H55N9O10P+. The van der Waals surface area contributed by atoms with E-state index in [9.17, 15) is 29.3 Å². The number of anilines is 3. The number of carbonyl (C=O) groups is 2. The number of fused-ring (bicyclic) bond motifs is 6. The van der Waals surface area contributed by atoms with Crippen LogP contribution in [-0.2, 0) is 31.2 Å². The Morgan fingerprint density at radius 2 is 1.81 bits per heavy atom. The van der Waals surface area contributed by atoms with Crippen molar-refractivity contribution >= 4 is 53.9 Å². The molecule has 10 rings (SSSR count). The van der Waals surface area contributed by atoms with E-state index in [1.165, 1.54) is 23.5 Å². The van der Waals surface area contributed by atoms with Gasteiger partial charge in [0.2, 0.25) is 11.3 Å². The topological polar surface area (TPSA) is 249 Å². The number of aliphatic hydroxyl groups excluding tert-OH is 1. The highest BCUT2D eigenvalue weighted by atomic mass is 31.2. The number of nitrogens with one attached hydrogen (secondary N) is 2. The molecule has 0 bridgehead atoms. The third-order valence-electron chi connectivity index (χ3n) is 13.5. The Balaban J connectivity index is 0.818. The largest absolute Gasteiger partial charge is 0.478 e. The van der Waals surface area contributed by atoms with Crippen LogP contribution in [0.2, 0.25) is 0 Å². The molecule has 352 valence electrons. The van der Waals surface area contributed by atoms with Gasteiger partial charge in [0.05, 0.1) is 18.2 Å². The molecule has 2 aromatic heterocycles. The van der Waals surface area contributed by atoms with Crippen LogP contribution in [0.1, 0.15) is 102 Å². The molecule has 0 radical (unpaired) electrons. The Labute approximate surface area is 385 Å². The van der Waals surface area contributed by atoms with Gasteiger partial charge in [0.1, 0.15) is 49.2 Å². The number of carboxylic acid groups (broad SMARTS) is 1. The van der Waals surface area contributed by atoms with Crippen LogP contribution < -0.4 is 41.2 Å². The Bertz CT molecular complexity index is 2980. The van der Waals surface area contributed by atoms with Crippen molar-refractivity contribution in [3.63, 3.8) is 0 Å². The molecule has 5 aliphatic rings. The fraction of sp³-hybridized carbons (Fsp3) is 0.447. The number of imidazole rings is 1. The van der Waals surface area contributed by atoms with E-state index in [0.29, 0.717) is 53.7 Å². The molecule has 0 saturated carbocycles. The average molecular weight is 937 g/mol. The number of unbranched alkanes of at least 4 members (excludes halogenated alkanes) is 3. The summed E-state index contributed by atoms with van der Waals surface area (Å²) in [6.07, 6.45) is 3.85. The second-order valence-corrected chi connectivity index (χ2v) is 19.0. The number of hydrogen-bond donors (Lipinski definition) is 6. The lowest BCUT2D eigenvalue weighted by molar-refractivity contribution is -0.0659. The average Bonchev–Trinajstić information content (AvgIpc) is 3.85.